The highest BCUT2D eigenvalue weighted by atomic mass is 19.1. The van der Waals surface area contributed by atoms with E-state index < -0.39 is 0 Å². The molecule has 1 amide bonds. The average molecular weight is 362 g/mol. The van der Waals surface area contributed by atoms with Gasteiger partial charge in [0.15, 0.2) is 0 Å². The maximum absolute atomic E-state index is 14.6. The Balaban J connectivity index is 1.64. The van der Waals surface area contributed by atoms with Gasteiger partial charge >= 0.3 is 0 Å². The first kappa shape index (κ1) is 19.1. The van der Waals surface area contributed by atoms with Crippen molar-refractivity contribution >= 4 is 11.6 Å². The molecule has 2 fully saturated rings. The molecule has 26 heavy (non-hydrogen) atoms. The number of nitrogens with one attached hydrogen (secondary N) is 1. The Bertz CT molecular complexity index is 616. The van der Waals surface area contributed by atoms with Gasteiger partial charge in [-0.3, -0.25) is 4.79 Å². The summed E-state index contributed by atoms with van der Waals surface area (Å²) in [6, 6.07) is 4.95. The maximum Gasteiger partial charge on any atom is 0.251 e. The zero-order chi connectivity index (χ0) is 18.5. The molecule has 0 spiro atoms. The molecule has 3 N–H and O–H groups in total. The molecule has 144 valence electrons. The van der Waals surface area contributed by atoms with Crippen LogP contribution in [-0.4, -0.2) is 56.1 Å². The number of nitrogens with zero attached hydrogens (tertiary/aromatic N) is 2. The Morgan fingerprint density at radius 2 is 1.96 bits per heavy atom. The third-order valence-electron chi connectivity index (χ3n) is 5.90. The minimum atomic E-state index is -0.318. The first-order valence-electron chi connectivity index (χ1n) is 9.90. The predicted octanol–water partition coefficient (Wildman–Crippen LogP) is 2.21. The summed E-state index contributed by atoms with van der Waals surface area (Å²) in [6.45, 7) is 7.28. The van der Waals surface area contributed by atoms with Crippen LogP contribution in [0.5, 0.6) is 0 Å². The van der Waals surface area contributed by atoms with Gasteiger partial charge in [0.25, 0.3) is 5.91 Å². The van der Waals surface area contributed by atoms with Crippen LogP contribution in [0, 0.1) is 11.7 Å². The van der Waals surface area contributed by atoms with Gasteiger partial charge in [0, 0.05) is 37.8 Å². The molecule has 1 aliphatic heterocycles. The minimum absolute atomic E-state index is 0.103. The predicted molar refractivity (Wildman–Crippen MR) is 103 cm³/mol. The fourth-order valence-corrected chi connectivity index (χ4v) is 4.14. The second kappa shape index (κ2) is 8.82. The fraction of sp³-hybridized carbons (Fsp3) is 0.650. The summed E-state index contributed by atoms with van der Waals surface area (Å²) in [5, 5.41) is 3.07. The number of carbonyl (C=O) groups is 1. The van der Waals surface area contributed by atoms with E-state index in [2.05, 4.69) is 22.0 Å². The minimum Gasteiger partial charge on any atom is -0.367 e. The number of amides is 1. The van der Waals surface area contributed by atoms with Gasteiger partial charge in [-0.15, -0.1) is 0 Å². The topological polar surface area (TPSA) is 61.6 Å². The zero-order valence-corrected chi connectivity index (χ0v) is 15.7. The number of likely N-dealkylation sites (N-methyl/N-ethyl adjacent to an activating group) is 1. The van der Waals surface area contributed by atoms with E-state index >= 15 is 0 Å². The molecule has 1 aliphatic carbocycles. The number of piperazine rings is 1. The Morgan fingerprint density at radius 3 is 2.62 bits per heavy atom. The molecule has 1 saturated carbocycles. The molecule has 0 bridgehead atoms. The van der Waals surface area contributed by atoms with Gasteiger partial charge < -0.3 is 20.9 Å². The Hall–Kier alpha value is -1.66. The lowest BCUT2D eigenvalue weighted by Gasteiger charge is -2.35. The first-order valence-corrected chi connectivity index (χ1v) is 9.90. The lowest BCUT2D eigenvalue weighted by molar-refractivity contribution is 0.0907. The maximum atomic E-state index is 14.6. The number of hydrogen-bond donors (Lipinski definition) is 2. The molecule has 2 aliphatic rings. The smallest absolute Gasteiger partial charge is 0.251 e. The Labute approximate surface area is 155 Å². The van der Waals surface area contributed by atoms with Crippen molar-refractivity contribution in [1.29, 1.82) is 0 Å². The van der Waals surface area contributed by atoms with Crippen LogP contribution in [0.2, 0.25) is 0 Å². The lowest BCUT2D eigenvalue weighted by Crippen LogP contribution is -2.46. The van der Waals surface area contributed by atoms with Crippen LogP contribution >= 0.6 is 0 Å². The number of hydrogen-bond acceptors (Lipinski definition) is 4. The van der Waals surface area contributed by atoms with E-state index in [0.29, 0.717) is 23.7 Å². The lowest BCUT2D eigenvalue weighted by atomic mass is 9.84. The van der Waals surface area contributed by atoms with Crippen LogP contribution in [0.4, 0.5) is 10.1 Å². The summed E-state index contributed by atoms with van der Waals surface area (Å²) >= 11 is 0. The van der Waals surface area contributed by atoms with Gasteiger partial charge in [0.2, 0.25) is 0 Å². The fourth-order valence-electron chi connectivity index (χ4n) is 4.14. The third kappa shape index (κ3) is 4.35. The van der Waals surface area contributed by atoms with Crippen LogP contribution in [0.1, 0.15) is 43.0 Å². The van der Waals surface area contributed by atoms with Crippen LogP contribution in [0.3, 0.4) is 0 Å². The molecule has 1 heterocycles. The monoisotopic (exact) mass is 362 g/mol. The van der Waals surface area contributed by atoms with Crippen molar-refractivity contribution in [1.82, 2.24) is 10.2 Å². The number of rotatable bonds is 5. The van der Waals surface area contributed by atoms with Crippen LogP contribution in [-0.2, 0) is 0 Å². The van der Waals surface area contributed by atoms with E-state index in [1.807, 2.05) is 0 Å². The number of halogens is 1. The van der Waals surface area contributed by atoms with E-state index in [1.54, 1.807) is 12.1 Å². The second-order valence-corrected chi connectivity index (χ2v) is 7.45. The van der Waals surface area contributed by atoms with Crippen molar-refractivity contribution in [3.8, 4) is 0 Å². The number of anilines is 1. The van der Waals surface area contributed by atoms with Crippen molar-refractivity contribution in [2.45, 2.75) is 38.6 Å². The third-order valence-corrected chi connectivity index (χ3v) is 5.90. The van der Waals surface area contributed by atoms with Crippen molar-refractivity contribution < 1.29 is 9.18 Å². The van der Waals surface area contributed by atoms with E-state index in [4.69, 9.17) is 5.73 Å². The summed E-state index contributed by atoms with van der Waals surface area (Å²) in [5.74, 6) is -0.190. The van der Waals surface area contributed by atoms with Gasteiger partial charge in [-0.25, -0.2) is 4.39 Å². The molecule has 2 unspecified atom stereocenters. The number of carbonyl (C=O) groups excluding carboxylic acids is 1. The molecule has 0 aromatic heterocycles. The first-order chi connectivity index (χ1) is 12.6. The van der Waals surface area contributed by atoms with E-state index in [1.165, 1.54) is 12.5 Å². The number of nitrogens with two attached hydrogens (primary N) is 1. The summed E-state index contributed by atoms with van der Waals surface area (Å²) in [6.07, 6.45) is 4.29. The molecule has 1 aromatic carbocycles. The van der Waals surface area contributed by atoms with Crippen molar-refractivity contribution in [2.24, 2.45) is 11.7 Å². The van der Waals surface area contributed by atoms with E-state index in [-0.39, 0.29) is 17.8 Å². The van der Waals surface area contributed by atoms with Crippen LogP contribution < -0.4 is 16.0 Å². The van der Waals surface area contributed by atoms with Crippen molar-refractivity contribution in [3.63, 3.8) is 0 Å². The molecular formula is C20H31FN4O. The Morgan fingerprint density at radius 1 is 1.23 bits per heavy atom. The summed E-state index contributed by atoms with van der Waals surface area (Å²) in [5.41, 5.74) is 6.82. The second-order valence-electron chi connectivity index (χ2n) is 7.45. The molecular weight excluding hydrogens is 331 g/mol. The van der Waals surface area contributed by atoms with Crippen molar-refractivity contribution in [2.75, 3.05) is 44.2 Å². The van der Waals surface area contributed by atoms with E-state index in [9.17, 15) is 9.18 Å². The summed E-state index contributed by atoms with van der Waals surface area (Å²) in [7, 11) is 0. The van der Waals surface area contributed by atoms with Crippen molar-refractivity contribution in [3.05, 3.63) is 29.6 Å². The molecule has 6 heteroatoms. The van der Waals surface area contributed by atoms with Crippen LogP contribution in [0.25, 0.3) is 0 Å². The Kier molecular flexibility index (Phi) is 6.48. The highest BCUT2D eigenvalue weighted by Gasteiger charge is 2.26. The molecule has 3 rings (SSSR count). The molecule has 5 nitrogen and oxygen atoms in total. The molecule has 2 atom stereocenters. The van der Waals surface area contributed by atoms with Gasteiger partial charge in [0.1, 0.15) is 5.82 Å². The summed E-state index contributed by atoms with van der Waals surface area (Å²) in [4.78, 5) is 17.0. The molecule has 0 radical (unpaired) electrons. The van der Waals surface area contributed by atoms with Gasteiger partial charge in [0.05, 0.1) is 5.69 Å². The van der Waals surface area contributed by atoms with Gasteiger partial charge in [-0.05, 0) is 50.0 Å². The highest BCUT2D eigenvalue weighted by Crippen LogP contribution is 2.25. The van der Waals surface area contributed by atoms with E-state index in [0.717, 1.165) is 52.0 Å². The highest BCUT2D eigenvalue weighted by molar-refractivity contribution is 5.94. The SMILES string of the molecule is CCN1CCN(c2ccc(C(=O)NC3CCCCC3CN)cc2F)CC1. The molecule has 1 saturated heterocycles. The molecule has 1 aromatic rings. The standard InChI is InChI=1S/C20H31FN4O/c1-2-24-9-11-25(12-10-24)19-8-7-15(13-17(19)21)20(26)23-18-6-4-3-5-16(18)14-22/h7-8,13,16,18H,2-6,9-12,14,22H2,1H3,(H,23,26). The van der Waals surface area contributed by atoms with Gasteiger partial charge in [-0.1, -0.05) is 19.8 Å². The number of benzene rings is 1. The summed E-state index contributed by atoms with van der Waals surface area (Å²) < 4.78 is 14.6. The quantitative estimate of drug-likeness (QED) is 0.843. The normalized spacial score (nSPS) is 24.5. The van der Waals surface area contributed by atoms with Gasteiger partial charge in [-0.2, -0.15) is 0 Å². The van der Waals surface area contributed by atoms with Crippen LogP contribution in [0.15, 0.2) is 18.2 Å². The largest absolute Gasteiger partial charge is 0.367 e. The average Bonchev–Trinajstić information content (AvgIpc) is 2.68. The zero-order valence-electron chi connectivity index (χ0n) is 15.7.